The molecular formula is C10H7N5O3S. The number of nitrogens with zero attached hydrogens (tertiary/aromatic N) is 3. The molecule has 2 rings (SSSR count). The normalized spacial score (nSPS) is 10.7. The summed E-state index contributed by atoms with van der Waals surface area (Å²) < 4.78 is 26.0. The fraction of sp³-hybridized carbons (Fsp3) is 0. The Balaban J connectivity index is 2.29. The summed E-state index contributed by atoms with van der Waals surface area (Å²) in [6.07, 6.45) is 1.06. The summed E-state index contributed by atoms with van der Waals surface area (Å²) in [6.45, 7) is 0. The van der Waals surface area contributed by atoms with Crippen LogP contribution < -0.4 is 10.3 Å². The lowest BCUT2D eigenvalue weighted by molar-refractivity contribution is 0.600. The number of H-pyrrole nitrogens is 1. The molecule has 0 fully saturated rings. The number of rotatable bonds is 3. The van der Waals surface area contributed by atoms with Crippen molar-refractivity contribution < 1.29 is 8.42 Å². The minimum atomic E-state index is -3.86. The molecule has 0 aromatic carbocycles. The molecule has 0 saturated carbocycles. The van der Waals surface area contributed by atoms with Crippen LogP contribution in [0, 0.1) is 11.3 Å². The number of nitriles is 1. The summed E-state index contributed by atoms with van der Waals surface area (Å²) in [5.41, 5.74) is -0.330. The van der Waals surface area contributed by atoms with Crippen LogP contribution in [0.5, 0.6) is 0 Å². The molecule has 0 saturated heterocycles. The topological polar surface area (TPSA) is 129 Å². The maximum atomic E-state index is 11.9. The molecule has 96 valence electrons. The van der Waals surface area contributed by atoms with Gasteiger partial charge in [-0.25, -0.2) is 18.5 Å². The number of aromatic amines is 1. The standard InChI is InChI=1S/C10H7N5O3S/c11-5-7-1-2-8(6-12-7)19(17,18)15-9-3-4-10(16)14-13-9/h1-4,6H,(H,13,15)(H,14,16). The molecule has 8 nitrogen and oxygen atoms in total. The van der Waals surface area contributed by atoms with Crippen LogP contribution in [-0.2, 0) is 10.0 Å². The molecule has 2 aromatic rings. The SMILES string of the molecule is N#Cc1ccc(S(=O)(=O)Nc2ccc(=O)[nH]n2)cn1. The first-order valence-electron chi connectivity index (χ1n) is 4.96. The Morgan fingerprint density at radius 3 is 2.58 bits per heavy atom. The zero-order chi connectivity index (χ0) is 13.9. The molecule has 9 heteroatoms. The van der Waals surface area contributed by atoms with Crippen molar-refractivity contribution in [2.75, 3.05) is 4.72 Å². The molecule has 0 aliphatic carbocycles. The van der Waals surface area contributed by atoms with Gasteiger partial charge in [-0.1, -0.05) is 0 Å². The zero-order valence-electron chi connectivity index (χ0n) is 9.36. The number of hydrogen-bond acceptors (Lipinski definition) is 6. The Bertz CT molecular complexity index is 769. The summed E-state index contributed by atoms with van der Waals surface area (Å²) in [6, 6.07) is 6.69. The summed E-state index contributed by atoms with van der Waals surface area (Å²) in [5.74, 6) is -0.0241. The maximum absolute atomic E-state index is 11.9. The predicted octanol–water partition coefficient (Wildman–Crippen LogP) is -0.163. The van der Waals surface area contributed by atoms with E-state index in [1.54, 1.807) is 6.07 Å². The van der Waals surface area contributed by atoms with Crippen LogP contribution in [0.25, 0.3) is 0 Å². The van der Waals surface area contributed by atoms with E-state index >= 15 is 0 Å². The number of anilines is 1. The highest BCUT2D eigenvalue weighted by Gasteiger charge is 2.15. The van der Waals surface area contributed by atoms with Crippen LogP contribution in [-0.4, -0.2) is 23.6 Å². The molecule has 0 amide bonds. The summed E-state index contributed by atoms with van der Waals surface area (Å²) in [5, 5.41) is 14.2. The van der Waals surface area contributed by atoms with Gasteiger partial charge >= 0.3 is 0 Å². The van der Waals surface area contributed by atoms with Crippen LogP contribution in [0.2, 0.25) is 0 Å². The first kappa shape index (κ1) is 12.7. The van der Waals surface area contributed by atoms with E-state index in [-0.39, 0.29) is 16.4 Å². The van der Waals surface area contributed by atoms with Gasteiger partial charge < -0.3 is 0 Å². The van der Waals surface area contributed by atoms with Crippen molar-refractivity contribution in [2.24, 2.45) is 0 Å². The second-order valence-corrected chi connectivity index (χ2v) is 5.09. The van der Waals surface area contributed by atoms with E-state index in [2.05, 4.69) is 19.9 Å². The average molecular weight is 277 g/mol. The van der Waals surface area contributed by atoms with Crippen LogP contribution in [0.1, 0.15) is 5.69 Å². The molecular weight excluding hydrogens is 270 g/mol. The van der Waals surface area contributed by atoms with Crippen LogP contribution in [0.3, 0.4) is 0 Å². The Hall–Kier alpha value is -2.73. The molecule has 0 unspecified atom stereocenters. The summed E-state index contributed by atoms with van der Waals surface area (Å²) in [7, 11) is -3.86. The number of hydrogen-bond donors (Lipinski definition) is 2. The second-order valence-electron chi connectivity index (χ2n) is 3.40. The van der Waals surface area contributed by atoms with Crippen molar-refractivity contribution in [3.8, 4) is 6.07 Å². The van der Waals surface area contributed by atoms with Crippen molar-refractivity contribution >= 4 is 15.8 Å². The van der Waals surface area contributed by atoms with Gasteiger partial charge in [0.25, 0.3) is 15.6 Å². The summed E-state index contributed by atoms with van der Waals surface area (Å²) in [4.78, 5) is 14.3. The lowest BCUT2D eigenvalue weighted by Crippen LogP contribution is -2.16. The third kappa shape index (κ3) is 2.93. The smallest absolute Gasteiger partial charge is 0.264 e. The third-order valence-corrected chi connectivity index (χ3v) is 3.42. The number of aromatic nitrogens is 3. The molecule has 0 bridgehead atoms. The Morgan fingerprint density at radius 2 is 2.05 bits per heavy atom. The van der Waals surface area contributed by atoms with E-state index < -0.39 is 15.6 Å². The number of pyridine rings is 1. The van der Waals surface area contributed by atoms with E-state index in [1.807, 2.05) is 0 Å². The Morgan fingerprint density at radius 1 is 1.26 bits per heavy atom. The third-order valence-electron chi connectivity index (χ3n) is 2.08. The molecule has 2 heterocycles. The van der Waals surface area contributed by atoms with E-state index in [4.69, 9.17) is 5.26 Å². The molecule has 2 N–H and O–H groups in total. The van der Waals surface area contributed by atoms with Gasteiger partial charge in [-0.2, -0.15) is 10.4 Å². The molecule has 0 aliphatic rings. The maximum Gasteiger partial charge on any atom is 0.264 e. The predicted molar refractivity (Wildman–Crippen MR) is 64.6 cm³/mol. The van der Waals surface area contributed by atoms with Crippen molar-refractivity contribution in [1.29, 1.82) is 5.26 Å². The molecule has 0 spiro atoms. The van der Waals surface area contributed by atoms with Gasteiger partial charge in [0.1, 0.15) is 16.7 Å². The van der Waals surface area contributed by atoms with Gasteiger partial charge in [0.2, 0.25) is 0 Å². The van der Waals surface area contributed by atoms with E-state index in [0.717, 1.165) is 12.3 Å². The minimum absolute atomic E-state index is 0.0241. The van der Waals surface area contributed by atoms with Crippen molar-refractivity contribution in [3.05, 3.63) is 46.5 Å². The highest BCUT2D eigenvalue weighted by molar-refractivity contribution is 7.92. The van der Waals surface area contributed by atoms with Crippen LogP contribution in [0.15, 0.2) is 40.2 Å². The number of sulfonamides is 1. The van der Waals surface area contributed by atoms with Gasteiger partial charge in [-0.05, 0) is 18.2 Å². The van der Waals surface area contributed by atoms with E-state index in [1.165, 1.54) is 18.2 Å². The fourth-order valence-corrected chi connectivity index (χ4v) is 2.15. The lowest BCUT2D eigenvalue weighted by atomic mass is 10.4. The highest BCUT2D eigenvalue weighted by atomic mass is 32.2. The van der Waals surface area contributed by atoms with Crippen molar-refractivity contribution in [2.45, 2.75) is 4.90 Å². The Kier molecular flexibility index (Phi) is 3.26. The van der Waals surface area contributed by atoms with Gasteiger partial charge in [0.05, 0.1) is 0 Å². The van der Waals surface area contributed by atoms with Gasteiger partial charge in [0.15, 0.2) is 5.82 Å². The highest BCUT2D eigenvalue weighted by Crippen LogP contribution is 2.12. The zero-order valence-corrected chi connectivity index (χ0v) is 10.2. The largest absolute Gasteiger partial charge is 0.268 e. The molecule has 0 atom stereocenters. The van der Waals surface area contributed by atoms with Crippen molar-refractivity contribution in [3.63, 3.8) is 0 Å². The van der Waals surface area contributed by atoms with Gasteiger partial charge in [0, 0.05) is 12.3 Å². The molecule has 0 radical (unpaired) electrons. The van der Waals surface area contributed by atoms with Gasteiger partial charge in [-0.15, -0.1) is 0 Å². The van der Waals surface area contributed by atoms with E-state index in [0.29, 0.717) is 0 Å². The molecule has 0 aliphatic heterocycles. The van der Waals surface area contributed by atoms with Crippen LogP contribution in [0.4, 0.5) is 5.82 Å². The molecule has 2 aromatic heterocycles. The average Bonchev–Trinajstić information content (AvgIpc) is 2.41. The monoisotopic (exact) mass is 277 g/mol. The second kappa shape index (κ2) is 4.87. The first-order valence-corrected chi connectivity index (χ1v) is 6.44. The fourth-order valence-electron chi connectivity index (χ4n) is 1.20. The quantitative estimate of drug-likeness (QED) is 0.801. The van der Waals surface area contributed by atoms with Gasteiger partial charge in [-0.3, -0.25) is 9.52 Å². The Labute approximate surface area is 107 Å². The number of nitrogens with one attached hydrogen (secondary N) is 2. The van der Waals surface area contributed by atoms with Crippen LogP contribution >= 0.6 is 0 Å². The molecule has 19 heavy (non-hydrogen) atoms. The van der Waals surface area contributed by atoms with Crippen molar-refractivity contribution in [1.82, 2.24) is 15.2 Å². The summed E-state index contributed by atoms with van der Waals surface area (Å²) >= 11 is 0. The van der Waals surface area contributed by atoms with E-state index in [9.17, 15) is 13.2 Å². The first-order chi connectivity index (χ1) is 9.01. The minimum Gasteiger partial charge on any atom is -0.268 e. The lowest BCUT2D eigenvalue weighted by Gasteiger charge is -2.05.